The fourth-order valence-corrected chi connectivity index (χ4v) is 3.43. The summed E-state index contributed by atoms with van der Waals surface area (Å²) in [6.45, 7) is 8.46. The topological polar surface area (TPSA) is 26.0 Å². The second kappa shape index (κ2) is 4.01. The lowest BCUT2D eigenvalue weighted by Crippen LogP contribution is -2.18. The Kier molecular flexibility index (Phi) is 3.10. The normalized spacial score (nSPS) is 22.9. The van der Waals surface area contributed by atoms with Crippen LogP contribution in [0.5, 0.6) is 0 Å². The molecular weight excluding hydrogens is 300 g/mol. The third-order valence-corrected chi connectivity index (χ3v) is 5.50. The van der Waals surface area contributed by atoms with Gasteiger partial charge in [0.15, 0.2) is 0 Å². The fourth-order valence-electron chi connectivity index (χ4n) is 3.12. The number of rotatable bonds is 2. The molecule has 0 radical (unpaired) electrons. The van der Waals surface area contributed by atoms with Gasteiger partial charge in [-0.25, -0.2) is 8.78 Å². The highest BCUT2D eigenvalue weighted by molar-refractivity contribution is 9.10. The van der Waals surface area contributed by atoms with E-state index < -0.39 is 17.7 Å². The number of nitrogens with two attached hydrogens (primary N) is 1. The average molecular weight is 318 g/mol. The molecule has 1 aromatic carbocycles. The zero-order valence-corrected chi connectivity index (χ0v) is 12.6. The lowest BCUT2D eigenvalue weighted by Gasteiger charge is -2.16. The van der Waals surface area contributed by atoms with Crippen LogP contribution in [0.25, 0.3) is 0 Å². The highest BCUT2D eigenvalue weighted by Gasteiger charge is 2.66. The van der Waals surface area contributed by atoms with Crippen LogP contribution >= 0.6 is 15.9 Å². The van der Waals surface area contributed by atoms with Crippen molar-refractivity contribution in [3.8, 4) is 0 Å². The van der Waals surface area contributed by atoms with E-state index in [1.54, 1.807) is 0 Å². The van der Waals surface area contributed by atoms with E-state index in [-0.39, 0.29) is 26.8 Å². The molecule has 18 heavy (non-hydrogen) atoms. The Bertz CT molecular complexity index is 483. The molecule has 100 valence electrons. The van der Waals surface area contributed by atoms with Crippen molar-refractivity contribution in [2.24, 2.45) is 22.5 Å². The van der Waals surface area contributed by atoms with E-state index in [1.807, 2.05) is 0 Å². The molecule has 4 heteroatoms. The van der Waals surface area contributed by atoms with Crippen molar-refractivity contribution in [1.29, 1.82) is 0 Å². The smallest absolute Gasteiger partial charge is 0.137 e. The Balaban J connectivity index is 2.37. The monoisotopic (exact) mass is 317 g/mol. The minimum atomic E-state index is -0.474. The van der Waals surface area contributed by atoms with Gasteiger partial charge in [-0.3, -0.25) is 0 Å². The minimum absolute atomic E-state index is 0.0441. The van der Waals surface area contributed by atoms with Crippen molar-refractivity contribution < 1.29 is 8.78 Å². The summed E-state index contributed by atoms with van der Waals surface area (Å²) in [4.78, 5) is 0. The molecule has 0 aliphatic heterocycles. The Morgan fingerprint density at radius 2 is 1.61 bits per heavy atom. The van der Waals surface area contributed by atoms with Crippen molar-refractivity contribution in [3.05, 3.63) is 33.8 Å². The van der Waals surface area contributed by atoms with Crippen LogP contribution in [0.2, 0.25) is 0 Å². The van der Waals surface area contributed by atoms with Crippen LogP contribution in [0.1, 0.15) is 39.3 Å². The summed E-state index contributed by atoms with van der Waals surface area (Å²) < 4.78 is 27.5. The van der Waals surface area contributed by atoms with Crippen LogP contribution in [-0.4, -0.2) is 0 Å². The van der Waals surface area contributed by atoms with Gasteiger partial charge in [-0.2, -0.15) is 0 Å². The molecule has 0 spiro atoms. The molecule has 1 unspecified atom stereocenters. The lowest BCUT2D eigenvalue weighted by atomic mass is 9.97. The molecule has 1 aliphatic rings. The fraction of sp³-hybridized carbons (Fsp3) is 0.571. The molecule has 1 aliphatic carbocycles. The zero-order valence-electron chi connectivity index (χ0n) is 11.0. The molecule has 0 bridgehead atoms. The lowest BCUT2D eigenvalue weighted by molar-refractivity contribution is 0.457. The number of hydrogen-bond donors (Lipinski definition) is 1. The highest BCUT2D eigenvalue weighted by Crippen LogP contribution is 2.71. The van der Waals surface area contributed by atoms with Crippen LogP contribution in [0, 0.1) is 28.4 Å². The Hall–Kier alpha value is -0.480. The summed E-state index contributed by atoms with van der Waals surface area (Å²) in [5, 5.41) is 0. The zero-order chi connectivity index (χ0) is 13.9. The van der Waals surface area contributed by atoms with Gasteiger partial charge in [-0.05, 0) is 44.8 Å². The second-order valence-electron chi connectivity index (χ2n) is 6.23. The first-order valence-electron chi connectivity index (χ1n) is 6.00. The first-order chi connectivity index (χ1) is 8.10. The SMILES string of the molecule is CC1(C)C(C(N)c2cc(F)c(Br)cc2F)C1(C)C. The molecule has 0 amide bonds. The molecule has 1 atom stereocenters. The Morgan fingerprint density at radius 1 is 1.11 bits per heavy atom. The average Bonchev–Trinajstić information content (AvgIpc) is 2.62. The van der Waals surface area contributed by atoms with Crippen LogP contribution < -0.4 is 5.73 Å². The molecule has 1 nitrogen and oxygen atoms in total. The molecule has 0 saturated heterocycles. The van der Waals surface area contributed by atoms with Crippen LogP contribution in [0.4, 0.5) is 8.78 Å². The molecule has 2 N–H and O–H groups in total. The van der Waals surface area contributed by atoms with Crippen LogP contribution in [0.15, 0.2) is 16.6 Å². The third-order valence-electron chi connectivity index (χ3n) is 4.89. The number of hydrogen-bond acceptors (Lipinski definition) is 1. The van der Waals surface area contributed by atoms with E-state index in [4.69, 9.17) is 5.73 Å². The highest BCUT2D eigenvalue weighted by atomic mass is 79.9. The number of benzene rings is 1. The summed E-state index contributed by atoms with van der Waals surface area (Å²) >= 11 is 2.97. The van der Waals surface area contributed by atoms with Crippen molar-refractivity contribution in [2.75, 3.05) is 0 Å². The maximum absolute atomic E-state index is 13.9. The predicted molar refractivity (Wildman–Crippen MR) is 72.0 cm³/mol. The van der Waals surface area contributed by atoms with Gasteiger partial charge < -0.3 is 5.73 Å². The predicted octanol–water partition coefficient (Wildman–Crippen LogP) is 4.41. The van der Waals surface area contributed by atoms with Crippen molar-refractivity contribution in [1.82, 2.24) is 0 Å². The van der Waals surface area contributed by atoms with Gasteiger partial charge in [0.1, 0.15) is 11.6 Å². The van der Waals surface area contributed by atoms with Gasteiger partial charge in [0, 0.05) is 11.6 Å². The van der Waals surface area contributed by atoms with Gasteiger partial charge in [0.25, 0.3) is 0 Å². The standard InChI is InChI=1S/C14H18BrF2N/c1-13(2)12(14(13,3)4)11(18)7-5-10(17)8(15)6-9(7)16/h5-6,11-12H,18H2,1-4H3. The summed E-state index contributed by atoms with van der Waals surface area (Å²) in [7, 11) is 0. The summed E-state index contributed by atoms with van der Waals surface area (Å²) in [6, 6.07) is 1.87. The van der Waals surface area contributed by atoms with E-state index in [0.717, 1.165) is 6.07 Å². The molecule has 0 aromatic heterocycles. The Morgan fingerprint density at radius 3 is 2.06 bits per heavy atom. The van der Waals surface area contributed by atoms with Gasteiger partial charge in [0.2, 0.25) is 0 Å². The molecule has 0 heterocycles. The largest absolute Gasteiger partial charge is 0.324 e. The van der Waals surface area contributed by atoms with Crippen LogP contribution in [-0.2, 0) is 0 Å². The molecule has 1 aromatic rings. The maximum atomic E-state index is 13.9. The van der Waals surface area contributed by atoms with E-state index in [9.17, 15) is 8.78 Å². The second-order valence-corrected chi connectivity index (χ2v) is 7.09. The van der Waals surface area contributed by atoms with Gasteiger partial charge in [-0.15, -0.1) is 0 Å². The van der Waals surface area contributed by atoms with E-state index >= 15 is 0 Å². The summed E-state index contributed by atoms with van der Waals surface area (Å²) in [6.07, 6.45) is 0. The molecule has 2 rings (SSSR count). The summed E-state index contributed by atoms with van der Waals surface area (Å²) in [5.41, 5.74) is 6.50. The first kappa shape index (κ1) is 13.9. The van der Waals surface area contributed by atoms with Gasteiger partial charge in [-0.1, -0.05) is 27.7 Å². The quantitative estimate of drug-likeness (QED) is 0.803. The minimum Gasteiger partial charge on any atom is -0.324 e. The van der Waals surface area contributed by atoms with E-state index in [1.165, 1.54) is 6.07 Å². The van der Waals surface area contributed by atoms with E-state index in [2.05, 4.69) is 43.6 Å². The van der Waals surface area contributed by atoms with Gasteiger partial charge in [0.05, 0.1) is 4.47 Å². The molecular formula is C14H18BrF2N. The van der Waals surface area contributed by atoms with Gasteiger partial charge >= 0.3 is 0 Å². The Labute approximate surface area is 115 Å². The van der Waals surface area contributed by atoms with Crippen molar-refractivity contribution in [3.63, 3.8) is 0 Å². The maximum Gasteiger partial charge on any atom is 0.137 e. The van der Waals surface area contributed by atoms with E-state index in [0.29, 0.717) is 0 Å². The number of halogens is 3. The first-order valence-corrected chi connectivity index (χ1v) is 6.80. The summed E-state index contributed by atoms with van der Waals surface area (Å²) in [5.74, 6) is -0.771. The van der Waals surface area contributed by atoms with Crippen LogP contribution in [0.3, 0.4) is 0 Å². The molecule has 1 saturated carbocycles. The third kappa shape index (κ3) is 1.81. The molecule has 1 fully saturated rings. The van der Waals surface area contributed by atoms with Crippen molar-refractivity contribution in [2.45, 2.75) is 33.7 Å². The van der Waals surface area contributed by atoms with Crippen molar-refractivity contribution >= 4 is 15.9 Å².